The molecule has 4 nitrogen and oxygen atoms in total. The van der Waals surface area contributed by atoms with E-state index in [1.807, 2.05) is 48.8 Å². The third-order valence-corrected chi connectivity index (χ3v) is 3.34. The van der Waals surface area contributed by atoms with Crippen LogP contribution in [0.25, 0.3) is 10.9 Å². The molecular formula is C17H16N2O2. The van der Waals surface area contributed by atoms with E-state index < -0.39 is 0 Å². The Kier molecular flexibility index (Phi) is 3.60. The molecule has 4 heteroatoms. The number of aromatic nitrogens is 1. The minimum absolute atomic E-state index is 0.672. The number of methoxy groups -OCH3 is 2. The van der Waals surface area contributed by atoms with Crippen molar-refractivity contribution in [3.63, 3.8) is 0 Å². The Hall–Kier alpha value is -2.75. The standard InChI is InChI=1S/C17H16N2O2/c1-20-16-8-7-13(9-17(16)21-2)18-10-12-11-19-15-6-4-3-5-14(12)15/h3-11,19H,1-2H3. The van der Waals surface area contributed by atoms with Gasteiger partial charge in [0, 0.05) is 34.9 Å². The normalized spacial score (nSPS) is 11.1. The van der Waals surface area contributed by atoms with Gasteiger partial charge in [-0.3, -0.25) is 4.99 Å². The number of hydrogen-bond acceptors (Lipinski definition) is 3. The van der Waals surface area contributed by atoms with Crippen LogP contribution in [0.1, 0.15) is 5.56 Å². The molecule has 0 saturated heterocycles. The van der Waals surface area contributed by atoms with Crippen molar-refractivity contribution in [1.82, 2.24) is 4.98 Å². The highest BCUT2D eigenvalue weighted by Crippen LogP contribution is 2.31. The molecule has 1 N–H and O–H groups in total. The lowest BCUT2D eigenvalue weighted by Gasteiger charge is -2.07. The summed E-state index contributed by atoms with van der Waals surface area (Å²) in [6, 6.07) is 13.7. The van der Waals surface area contributed by atoms with Crippen LogP contribution in [0.4, 0.5) is 5.69 Å². The maximum atomic E-state index is 5.28. The molecule has 3 aromatic rings. The number of rotatable bonds is 4. The summed E-state index contributed by atoms with van der Waals surface area (Å²) in [6.07, 6.45) is 3.80. The molecule has 3 rings (SSSR count). The predicted octanol–water partition coefficient (Wildman–Crippen LogP) is 3.94. The highest BCUT2D eigenvalue weighted by molar-refractivity contribution is 5.99. The number of aromatic amines is 1. The van der Waals surface area contributed by atoms with Crippen LogP contribution in [0.5, 0.6) is 11.5 Å². The first-order valence-electron chi connectivity index (χ1n) is 6.64. The van der Waals surface area contributed by atoms with Crippen molar-refractivity contribution in [2.45, 2.75) is 0 Å². The molecular weight excluding hydrogens is 264 g/mol. The van der Waals surface area contributed by atoms with Crippen LogP contribution in [0.15, 0.2) is 53.7 Å². The fourth-order valence-corrected chi connectivity index (χ4v) is 2.25. The fraction of sp³-hybridized carbons (Fsp3) is 0.118. The zero-order valence-corrected chi connectivity index (χ0v) is 12.0. The summed E-state index contributed by atoms with van der Waals surface area (Å²) >= 11 is 0. The van der Waals surface area contributed by atoms with Gasteiger partial charge in [-0.2, -0.15) is 0 Å². The summed E-state index contributed by atoms with van der Waals surface area (Å²) < 4.78 is 10.5. The average molecular weight is 280 g/mol. The molecule has 1 heterocycles. The average Bonchev–Trinajstić information content (AvgIpc) is 2.96. The summed E-state index contributed by atoms with van der Waals surface area (Å²) in [7, 11) is 3.23. The maximum absolute atomic E-state index is 5.28. The molecule has 0 radical (unpaired) electrons. The second kappa shape index (κ2) is 5.71. The van der Waals surface area contributed by atoms with Gasteiger partial charge in [0.25, 0.3) is 0 Å². The monoisotopic (exact) mass is 280 g/mol. The number of H-pyrrole nitrogens is 1. The van der Waals surface area contributed by atoms with Gasteiger partial charge < -0.3 is 14.5 Å². The third-order valence-electron chi connectivity index (χ3n) is 3.34. The van der Waals surface area contributed by atoms with E-state index in [2.05, 4.69) is 16.0 Å². The molecule has 21 heavy (non-hydrogen) atoms. The quantitative estimate of drug-likeness (QED) is 0.736. The topological polar surface area (TPSA) is 46.6 Å². The first kappa shape index (κ1) is 13.2. The number of aliphatic imine (C=N–C) groups is 1. The van der Waals surface area contributed by atoms with Crippen molar-refractivity contribution in [3.8, 4) is 11.5 Å². The zero-order valence-electron chi connectivity index (χ0n) is 12.0. The van der Waals surface area contributed by atoms with Gasteiger partial charge in [-0.05, 0) is 18.2 Å². The number of para-hydroxylation sites is 1. The predicted molar refractivity (Wildman–Crippen MR) is 85.1 cm³/mol. The van der Waals surface area contributed by atoms with Crippen molar-refractivity contribution in [2.24, 2.45) is 4.99 Å². The van der Waals surface area contributed by atoms with Crippen LogP contribution < -0.4 is 9.47 Å². The highest BCUT2D eigenvalue weighted by Gasteiger charge is 2.04. The van der Waals surface area contributed by atoms with Gasteiger partial charge >= 0.3 is 0 Å². The summed E-state index contributed by atoms with van der Waals surface area (Å²) in [4.78, 5) is 7.73. The second-order valence-electron chi connectivity index (χ2n) is 4.59. The molecule has 0 atom stereocenters. The van der Waals surface area contributed by atoms with Crippen LogP contribution in [-0.2, 0) is 0 Å². The van der Waals surface area contributed by atoms with E-state index in [-0.39, 0.29) is 0 Å². The first-order chi connectivity index (χ1) is 10.3. The number of benzene rings is 2. The number of nitrogens with one attached hydrogen (secondary N) is 1. The summed E-state index contributed by atoms with van der Waals surface area (Å²) in [5.41, 5.74) is 2.98. The van der Waals surface area contributed by atoms with E-state index in [9.17, 15) is 0 Å². The van der Waals surface area contributed by atoms with Crippen LogP contribution in [-0.4, -0.2) is 25.4 Å². The Labute approximate surface area is 123 Å². The summed E-state index contributed by atoms with van der Waals surface area (Å²) in [5, 5.41) is 1.15. The molecule has 0 aliphatic carbocycles. The van der Waals surface area contributed by atoms with Crippen LogP contribution in [0.3, 0.4) is 0 Å². The van der Waals surface area contributed by atoms with Gasteiger partial charge in [-0.15, -0.1) is 0 Å². The van der Waals surface area contributed by atoms with E-state index in [0.29, 0.717) is 11.5 Å². The van der Waals surface area contributed by atoms with E-state index in [1.54, 1.807) is 14.2 Å². The summed E-state index contributed by atoms with van der Waals surface area (Å²) in [6.45, 7) is 0. The second-order valence-corrected chi connectivity index (χ2v) is 4.59. The van der Waals surface area contributed by atoms with E-state index >= 15 is 0 Å². The Bertz CT molecular complexity index is 790. The largest absolute Gasteiger partial charge is 0.493 e. The van der Waals surface area contributed by atoms with Gasteiger partial charge in [-0.1, -0.05) is 18.2 Å². The number of fused-ring (bicyclic) bond motifs is 1. The van der Waals surface area contributed by atoms with Gasteiger partial charge in [-0.25, -0.2) is 0 Å². The third kappa shape index (κ3) is 2.60. The molecule has 2 aromatic carbocycles. The number of nitrogens with zero attached hydrogens (tertiary/aromatic N) is 1. The maximum Gasteiger partial charge on any atom is 0.162 e. The molecule has 0 bridgehead atoms. The molecule has 0 aliphatic rings. The van der Waals surface area contributed by atoms with Crippen molar-refractivity contribution in [1.29, 1.82) is 0 Å². The fourth-order valence-electron chi connectivity index (χ4n) is 2.25. The lowest BCUT2D eigenvalue weighted by Crippen LogP contribution is -1.89. The smallest absolute Gasteiger partial charge is 0.162 e. The number of ether oxygens (including phenoxy) is 2. The molecule has 0 aliphatic heterocycles. The van der Waals surface area contributed by atoms with Crippen molar-refractivity contribution < 1.29 is 9.47 Å². The highest BCUT2D eigenvalue weighted by atomic mass is 16.5. The Balaban J connectivity index is 1.92. The number of hydrogen-bond donors (Lipinski definition) is 1. The lowest BCUT2D eigenvalue weighted by molar-refractivity contribution is 0.355. The van der Waals surface area contributed by atoms with E-state index in [0.717, 1.165) is 22.2 Å². The Morgan fingerprint density at radius 2 is 1.81 bits per heavy atom. The minimum atomic E-state index is 0.672. The van der Waals surface area contributed by atoms with Crippen LogP contribution in [0.2, 0.25) is 0 Å². The van der Waals surface area contributed by atoms with E-state index in [1.165, 1.54) is 0 Å². The van der Waals surface area contributed by atoms with Crippen molar-refractivity contribution in [3.05, 3.63) is 54.2 Å². The molecule has 0 spiro atoms. The van der Waals surface area contributed by atoms with Crippen molar-refractivity contribution >= 4 is 22.8 Å². The SMILES string of the molecule is COc1ccc(N=Cc2c[nH]c3ccccc23)cc1OC. The molecule has 0 saturated carbocycles. The van der Waals surface area contributed by atoms with E-state index in [4.69, 9.17) is 9.47 Å². The van der Waals surface area contributed by atoms with Crippen LogP contribution in [0, 0.1) is 0 Å². The van der Waals surface area contributed by atoms with Gasteiger partial charge in [0.1, 0.15) is 0 Å². The zero-order chi connectivity index (χ0) is 14.7. The molecule has 0 fully saturated rings. The minimum Gasteiger partial charge on any atom is -0.493 e. The van der Waals surface area contributed by atoms with Gasteiger partial charge in [0.15, 0.2) is 11.5 Å². The van der Waals surface area contributed by atoms with Gasteiger partial charge in [0.05, 0.1) is 19.9 Å². The first-order valence-corrected chi connectivity index (χ1v) is 6.64. The summed E-state index contributed by atoms with van der Waals surface area (Å²) in [5.74, 6) is 1.37. The van der Waals surface area contributed by atoms with Gasteiger partial charge in [0.2, 0.25) is 0 Å². The molecule has 0 amide bonds. The Morgan fingerprint density at radius 3 is 2.62 bits per heavy atom. The molecule has 106 valence electrons. The Morgan fingerprint density at radius 1 is 1.00 bits per heavy atom. The molecule has 1 aromatic heterocycles. The lowest BCUT2D eigenvalue weighted by atomic mass is 10.2. The van der Waals surface area contributed by atoms with Crippen molar-refractivity contribution in [2.75, 3.05) is 14.2 Å². The molecule has 0 unspecified atom stereocenters. The van der Waals surface area contributed by atoms with Crippen LogP contribution >= 0.6 is 0 Å².